The predicted molar refractivity (Wildman–Crippen MR) is 92.0 cm³/mol. The molecule has 0 radical (unpaired) electrons. The molecule has 2 aliphatic heterocycles. The molecule has 0 spiro atoms. The summed E-state index contributed by atoms with van der Waals surface area (Å²) in [4.78, 5) is 15.3. The number of carbonyl (C=O) groups is 1. The zero-order chi connectivity index (χ0) is 17.0. The monoisotopic (exact) mass is 339 g/mol. The zero-order valence-corrected chi connectivity index (χ0v) is 14.2. The number of hydrogen-bond acceptors (Lipinski definition) is 2. The average Bonchev–Trinajstić information content (AvgIpc) is 3.28. The fourth-order valence-electron chi connectivity index (χ4n) is 5.13. The molecule has 1 amide bonds. The van der Waals surface area contributed by atoms with Crippen LogP contribution in [0, 0.1) is 5.82 Å². The number of carbonyl (C=O) groups excluding carboxylic acids is 1. The first-order chi connectivity index (χ1) is 12.2. The van der Waals surface area contributed by atoms with E-state index in [0.717, 1.165) is 56.2 Å². The Labute approximate surface area is 146 Å². The van der Waals surface area contributed by atoms with Crippen LogP contribution in [0.25, 0.3) is 0 Å². The number of aryl methyl sites for hydroxylation is 1. The molecule has 2 atom stereocenters. The molecule has 3 heterocycles. The summed E-state index contributed by atoms with van der Waals surface area (Å²) in [6.45, 7) is 0. The van der Waals surface area contributed by atoms with Gasteiger partial charge in [0.2, 0.25) is 0 Å². The Morgan fingerprint density at radius 2 is 1.84 bits per heavy atom. The maximum atomic E-state index is 13.2. The molecule has 0 saturated carbocycles. The number of amides is 1. The van der Waals surface area contributed by atoms with Crippen molar-refractivity contribution in [3.63, 3.8) is 0 Å². The second-order valence-electron chi connectivity index (χ2n) is 7.70. The number of nitrogens with zero attached hydrogens (tertiary/aromatic N) is 2. The summed E-state index contributed by atoms with van der Waals surface area (Å²) in [6, 6.07) is 7.46. The number of nitrogens with one attached hydrogen (secondary N) is 1. The van der Waals surface area contributed by atoms with Crippen LogP contribution in [-0.4, -0.2) is 33.1 Å². The summed E-state index contributed by atoms with van der Waals surface area (Å²) in [7, 11) is 0. The highest BCUT2D eigenvalue weighted by Gasteiger charge is 2.45. The molecule has 2 unspecified atom stereocenters. The number of aromatic amines is 1. The summed E-state index contributed by atoms with van der Waals surface area (Å²) < 4.78 is 13.2. The Morgan fingerprint density at radius 3 is 2.56 bits per heavy atom. The lowest BCUT2D eigenvalue weighted by Gasteiger charge is -2.39. The number of fused-ring (bicyclic) bond motifs is 3. The Hall–Kier alpha value is -2.17. The van der Waals surface area contributed by atoms with Crippen molar-refractivity contribution in [1.82, 2.24) is 15.1 Å². The minimum Gasteiger partial charge on any atom is -0.331 e. The molecule has 4 nitrogen and oxygen atoms in total. The normalized spacial score (nSPS) is 27.6. The van der Waals surface area contributed by atoms with Crippen LogP contribution >= 0.6 is 0 Å². The predicted octanol–water partition coefficient (Wildman–Crippen LogP) is 3.59. The quantitative estimate of drug-likeness (QED) is 0.909. The highest BCUT2D eigenvalue weighted by Crippen LogP contribution is 2.44. The second-order valence-corrected chi connectivity index (χ2v) is 7.70. The average molecular weight is 339 g/mol. The van der Waals surface area contributed by atoms with E-state index in [9.17, 15) is 9.18 Å². The van der Waals surface area contributed by atoms with Gasteiger partial charge in [-0.1, -0.05) is 12.1 Å². The van der Waals surface area contributed by atoms with Gasteiger partial charge in [-0.2, -0.15) is 5.10 Å². The Bertz CT molecular complexity index is 799. The lowest BCUT2D eigenvalue weighted by Crippen LogP contribution is -2.46. The summed E-state index contributed by atoms with van der Waals surface area (Å²) in [5, 5.41) is 7.40. The lowest BCUT2D eigenvalue weighted by atomic mass is 9.85. The third-order valence-electron chi connectivity index (χ3n) is 6.32. The molecule has 2 fully saturated rings. The molecule has 5 heteroatoms. The minimum atomic E-state index is -0.188. The molecular formula is C20H22FN3O. The van der Waals surface area contributed by atoms with Gasteiger partial charge in [-0.3, -0.25) is 9.89 Å². The van der Waals surface area contributed by atoms with Crippen LogP contribution in [0.5, 0.6) is 0 Å². The van der Waals surface area contributed by atoms with Crippen LogP contribution in [-0.2, 0) is 12.8 Å². The molecule has 3 aliphatic rings. The van der Waals surface area contributed by atoms with E-state index in [2.05, 4.69) is 15.1 Å². The van der Waals surface area contributed by atoms with Crippen LogP contribution in [0.15, 0.2) is 24.3 Å². The third-order valence-corrected chi connectivity index (χ3v) is 6.32. The van der Waals surface area contributed by atoms with Gasteiger partial charge in [-0.15, -0.1) is 0 Å². The van der Waals surface area contributed by atoms with Crippen LogP contribution in [0.1, 0.15) is 65.3 Å². The molecule has 1 aromatic heterocycles. The van der Waals surface area contributed by atoms with Gasteiger partial charge in [0.15, 0.2) is 5.69 Å². The number of hydrogen-bond donors (Lipinski definition) is 1. The summed E-state index contributed by atoms with van der Waals surface area (Å²) in [5.74, 6) is 0.350. The van der Waals surface area contributed by atoms with E-state index in [0.29, 0.717) is 11.6 Å². The zero-order valence-electron chi connectivity index (χ0n) is 14.2. The number of piperidine rings is 1. The SMILES string of the molecule is O=C(c1n[nH]c2c1CCC2)N1C2CCC1CC(c1ccc(F)cc1)C2. The van der Waals surface area contributed by atoms with Gasteiger partial charge in [0.05, 0.1) is 0 Å². The molecule has 130 valence electrons. The Balaban J connectivity index is 1.38. The van der Waals surface area contributed by atoms with Crippen LogP contribution in [0.2, 0.25) is 0 Å². The van der Waals surface area contributed by atoms with Gasteiger partial charge in [0.25, 0.3) is 5.91 Å². The van der Waals surface area contributed by atoms with Crippen molar-refractivity contribution in [3.05, 3.63) is 52.6 Å². The van der Waals surface area contributed by atoms with E-state index in [4.69, 9.17) is 0 Å². The smallest absolute Gasteiger partial charge is 0.275 e. The maximum Gasteiger partial charge on any atom is 0.275 e. The number of H-pyrrole nitrogens is 1. The Morgan fingerprint density at radius 1 is 1.12 bits per heavy atom. The van der Waals surface area contributed by atoms with Crippen LogP contribution < -0.4 is 0 Å². The van der Waals surface area contributed by atoms with Crippen LogP contribution in [0.4, 0.5) is 4.39 Å². The second kappa shape index (κ2) is 5.68. The van der Waals surface area contributed by atoms with Gasteiger partial charge in [-0.05, 0) is 68.6 Å². The van der Waals surface area contributed by atoms with Crippen molar-refractivity contribution < 1.29 is 9.18 Å². The van der Waals surface area contributed by atoms with Crippen LogP contribution in [0.3, 0.4) is 0 Å². The third kappa shape index (κ3) is 2.40. The van der Waals surface area contributed by atoms with Gasteiger partial charge >= 0.3 is 0 Å². The molecule has 1 aliphatic carbocycles. The number of rotatable bonds is 2. The highest BCUT2D eigenvalue weighted by atomic mass is 19.1. The van der Waals surface area contributed by atoms with Gasteiger partial charge in [0, 0.05) is 23.3 Å². The first-order valence-electron chi connectivity index (χ1n) is 9.35. The standard InChI is InChI=1S/C20H22FN3O/c21-14-6-4-12(5-7-14)13-10-15-8-9-16(11-13)24(15)20(25)19-17-2-1-3-18(17)22-23-19/h4-7,13,15-16H,1-3,8-11H2,(H,22,23). The minimum absolute atomic E-state index is 0.115. The summed E-state index contributed by atoms with van der Waals surface area (Å²) >= 11 is 0. The molecule has 2 aromatic rings. The molecular weight excluding hydrogens is 317 g/mol. The summed E-state index contributed by atoms with van der Waals surface area (Å²) in [6.07, 6.45) is 7.18. The number of halogens is 1. The highest BCUT2D eigenvalue weighted by molar-refractivity contribution is 5.95. The fraction of sp³-hybridized carbons (Fsp3) is 0.500. The first-order valence-corrected chi connectivity index (χ1v) is 9.35. The van der Waals surface area contributed by atoms with Crippen molar-refractivity contribution in [2.24, 2.45) is 0 Å². The largest absolute Gasteiger partial charge is 0.331 e. The van der Waals surface area contributed by atoms with Crippen molar-refractivity contribution >= 4 is 5.91 Å². The topological polar surface area (TPSA) is 49.0 Å². The molecule has 25 heavy (non-hydrogen) atoms. The molecule has 2 saturated heterocycles. The van der Waals surface area contributed by atoms with E-state index >= 15 is 0 Å². The first kappa shape index (κ1) is 15.1. The number of aromatic nitrogens is 2. The molecule has 1 aromatic carbocycles. The van der Waals surface area contributed by atoms with Gasteiger partial charge in [-0.25, -0.2) is 4.39 Å². The van der Waals surface area contributed by atoms with Crippen molar-refractivity contribution in [2.45, 2.75) is 62.9 Å². The lowest BCUT2D eigenvalue weighted by molar-refractivity contribution is 0.0564. The molecule has 1 N–H and O–H groups in total. The van der Waals surface area contributed by atoms with Crippen molar-refractivity contribution in [2.75, 3.05) is 0 Å². The van der Waals surface area contributed by atoms with E-state index in [1.807, 2.05) is 12.1 Å². The van der Waals surface area contributed by atoms with Crippen molar-refractivity contribution in [1.29, 1.82) is 0 Å². The van der Waals surface area contributed by atoms with Crippen molar-refractivity contribution in [3.8, 4) is 0 Å². The summed E-state index contributed by atoms with van der Waals surface area (Å²) in [5.41, 5.74) is 4.15. The number of benzene rings is 1. The maximum absolute atomic E-state index is 13.2. The van der Waals surface area contributed by atoms with E-state index < -0.39 is 0 Å². The van der Waals surface area contributed by atoms with E-state index in [-0.39, 0.29) is 23.8 Å². The molecule has 2 bridgehead atoms. The Kier molecular flexibility index (Phi) is 3.43. The van der Waals surface area contributed by atoms with E-state index in [1.54, 1.807) is 12.1 Å². The van der Waals surface area contributed by atoms with Gasteiger partial charge in [0.1, 0.15) is 5.82 Å². The molecule has 5 rings (SSSR count). The fourth-order valence-corrected chi connectivity index (χ4v) is 5.13. The van der Waals surface area contributed by atoms with E-state index in [1.165, 1.54) is 5.56 Å². The van der Waals surface area contributed by atoms with Gasteiger partial charge < -0.3 is 4.90 Å².